The zero-order valence-electron chi connectivity index (χ0n) is 16.1. The van der Waals surface area contributed by atoms with Crippen molar-refractivity contribution in [2.75, 3.05) is 29.2 Å². The molecule has 1 aliphatic rings. The maximum absolute atomic E-state index is 12.7. The maximum Gasteiger partial charge on any atom is 0.323 e. The van der Waals surface area contributed by atoms with E-state index in [0.717, 1.165) is 17.7 Å². The number of methoxy groups -OCH3 is 1. The van der Waals surface area contributed by atoms with E-state index in [4.69, 9.17) is 4.74 Å². The molecule has 0 unspecified atom stereocenters. The van der Waals surface area contributed by atoms with Gasteiger partial charge in [-0.25, -0.2) is 4.79 Å². The molecule has 2 aromatic carbocycles. The smallest absolute Gasteiger partial charge is 0.323 e. The van der Waals surface area contributed by atoms with E-state index >= 15 is 0 Å². The number of fused-ring (bicyclic) bond motifs is 1. The van der Waals surface area contributed by atoms with Crippen LogP contribution in [0.2, 0.25) is 0 Å². The Morgan fingerprint density at radius 2 is 1.74 bits per heavy atom. The van der Waals surface area contributed by atoms with Gasteiger partial charge in [-0.2, -0.15) is 0 Å². The number of nitrogens with one attached hydrogen (secondary N) is 2. The van der Waals surface area contributed by atoms with Gasteiger partial charge in [0.05, 0.1) is 7.11 Å². The molecule has 6 nitrogen and oxygen atoms in total. The van der Waals surface area contributed by atoms with Gasteiger partial charge in [0.2, 0.25) is 5.91 Å². The predicted molar refractivity (Wildman–Crippen MR) is 108 cm³/mol. The second kappa shape index (κ2) is 7.31. The highest BCUT2D eigenvalue weighted by molar-refractivity contribution is 6.02. The van der Waals surface area contributed by atoms with Crippen LogP contribution in [-0.2, 0) is 11.2 Å². The molecule has 0 atom stereocenters. The van der Waals surface area contributed by atoms with Gasteiger partial charge in [0.1, 0.15) is 5.75 Å². The zero-order chi connectivity index (χ0) is 19.6. The molecular formula is C21H25N3O3. The summed E-state index contributed by atoms with van der Waals surface area (Å²) in [5.41, 5.74) is 2.81. The zero-order valence-corrected chi connectivity index (χ0v) is 16.1. The number of urea groups is 1. The van der Waals surface area contributed by atoms with E-state index in [1.165, 1.54) is 0 Å². The summed E-state index contributed by atoms with van der Waals surface area (Å²) in [6.45, 7) is 6.41. The van der Waals surface area contributed by atoms with Crippen LogP contribution in [0, 0.1) is 5.41 Å². The monoisotopic (exact) mass is 367 g/mol. The number of hydrogen-bond donors (Lipinski definition) is 2. The Labute approximate surface area is 159 Å². The lowest BCUT2D eigenvalue weighted by molar-refractivity contribution is -0.125. The summed E-state index contributed by atoms with van der Waals surface area (Å²) in [7, 11) is 1.58. The molecule has 3 rings (SSSR count). The minimum Gasteiger partial charge on any atom is -0.497 e. The average Bonchev–Trinajstić information content (AvgIpc) is 3.03. The fourth-order valence-electron chi connectivity index (χ4n) is 3.07. The lowest BCUT2D eigenvalue weighted by Gasteiger charge is -2.26. The second-order valence-electron chi connectivity index (χ2n) is 7.61. The number of carbonyl (C=O) groups is 2. The van der Waals surface area contributed by atoms with Crippen molar-refractivity contribution in [1.82, 2.24) is 0 Å². The van der Waals surface area contributed by atoms with Crippen LogP contribution in [0.4, 0.5) is 21.9 Å². The minimum absolute atomic E-state index is 0.0826. The van der Waals surface area contributed by atoms with Crippen LogP contribution in [0.3, 0.4) is 0 Å². The SMILES string of the molecule is COc1cccc(NC(=O)Nc2ccc3c(c2)N(C(=O)C(C)(C)C)CC3)c1. The second-order valence-corrected chi connectivity index (χ2v) is 7.61. The molecule has 3 amide bonds. The molecule has 0 aromatic heterocycles. The summed E-state index contributed by atoms with van der Waals surface area (Å²) in [6.07, 6.45) is 0.827. The maximum atomic E-state index is 12.7. The van der Waals surface area contributed by atoms with E-state index < -0.39 is 5.41 Å². The number of amides is 3. The van der Waals surface area contributed by atoms with Crippen molar-refractivity contribution in [3.63, 3.8) is 0 Å². The molecule has 0 saturated heterocycles. The van der Waals surface area contributed by atoms with Gasteiger partial charge in [0.15, 0.2) is 0 Å². The van der Waals surface area contributed by atoms with Crippen LogP contribution >= 0.6 is 0 Å². The first-order valence-corrected chi connectivity index (χ1v) is 8.95. The van der Waals surface area contributed by atoms with E-state index in [1.807, 2.05) is 45.0 Å². The fourth-order valence-corrected chi connectivity index (χ4v) is 3.07. The van der Waals surface area contributed by atoms with Gasteiger partial charge in [-0.15, -0.1) is 0 Å². The molecule has 0 fully saturated rings. The minimum atomic E-state index is -0.450. The van der Waals surface area contributed by atoms with E-state index in [1.54, 1.807) is 30.2 Å². The molecule has 0 saturated carbocycles. The van der Waals surface area contributed by atoms with Gasteiger partial charge in [-0.1, -0.05) is 32.9 Å². The molecule has 1 aliphatic heterocycles. The van der Waals surface area contributed by atoms with Crippen molar-refractivity contribution in [1.29, 1.82) is 0 Å². The molecule has 0 aliphatic carbocycles. The Bertz CT molecular complexity index is 871. The third-order valence-electron chi connectivity index (χ3n) is 4.45. The first-order chi connectivity index (χ1) is 12.8. The molecule has 0 spiro atoms. The molecule has 2 N–H and O–H groups in total. The highest BCUT2D eigenvalue weighted by Crippen LogP contribution is 2.34. The number of nitrogens with zero attached hydrogens (tertiary/aromatic N) is 1. The largest absolute Gasteiger partial charge is 0.497 e. The number of benzene rings is 2. The number of ether oxygens (including phenoxy) is 1. The first-order valence-electron chi connectivity index (χ1n) is 8.95. The topological polar surface area (TPSA) is 70.7 Å². The molecule has 6 heteroatoms. The summed E-state index contributed by atoms with van der Waals surface area (Å²) >= 11 is 0. The van der Waals surface area contributed by atoms with Crippen LogP contribution < -0.4 is 20.3 Å². The highest BCUT2D eigenvalue weighted by atomic mass is 16.5. The normalized spacial score (nSPS) is 13.1. The Morgan fingerprint density at radius 3 is 2.41 bits per heavy atom. The number of anilines is 3. The highest BCUT2D eigenvalue weighted by Gasteiger charge is 2.32. The van der Waals surface area contributed by atoms with Crippen molar-refractivity contribution in [2.24, 2.45) is 5.41 Å². The van der Waals surface area contributed by atoms with Crippen molar-refractivity contribution >= 4 is 29.0 Å². The number of rotatable bonds is 3. The first kappa shape index (κ1) is 18.8. The third kappa shape index (κ3) is 4.22. The standard InChI is InChI=1S/C21H25N3O3/c1-21(2,3)19(25)24-11-10-14-8-9-16(13-18(14)24)23-20(26)22-15-6-5-7-17(12-15)27-4/h5-9,12-13H,10-11H2,1-4H3,(H2,22,23,26). The van der Waals surface area contributed by atoms with E-state index in [2.05, 4.69) is 10.6 Å². The summed E-state index contributed by atoms with van der Waals surface area (Å²) in [5, 5.41) is 5.61. The van der Waals surface area contributed by atoms with Gasteiger partial charge in [0, 0.05) is 35.1 Å². The molecule has 142 valence electrons. The summed E-state index contributed by atoms with van der Waals surface area (Å²) < 4.78 is 5.16. The molecule has 2 aromatic rings. The van der Waals surface area contributed by atoms with E-state index in [-0.39, 0.29) is 11.9 Å². The quantitative estimate of drug-likeness (QED) is 0.851. The van der Waals surface area contributed by atoms with Gasteiger partial charge in [-0.3, -0.25) is 4.79 Å². The lowest BCUT2D eigenvalue weighted by atomic mass is 9.94. The van der Waals surface area contributed by atoms with Crippen molar-refractivity contribution < 1.29 is 14.3 Å². The van der Waals surface area contributed by atoms with Crippen molar-refractivity contribution in [2.45, 2.75) is 27.2 Å². The summed E-state index contributed by atoms with van der Waals surface area (Å²) in [5.74, 6) is 0.751. The third-order valence-corrected chi connectivity index (χ3v) is 4.45. The summed E-state index contributed by atoms with van der Waals surface area (Å²) in [4.78, 5) is 26.8. The Hall–Kier alpha value is -3.02. The van der Waals surface area contributed by atoms with Crippen LogP contribution in [0.15, 0.2) is 42.5 Å². The van der Waals surface area contributed by atoms with Crippen LogP contribution in [-0.4, -0.2) is 25.6 Å². The molecule has 1 heterocycles. The van der Waals surface area contributed by atoms with Gasteiger partial charge < -0.3 is 20.3 Å². The Kier molecular flexibility index (Phi) is 5.08. The van der Waals surface area contributed by atoms with Crippen LogP contribution in [0.1, 0.15) is 26.3 Å². The Balaban J connectivity index is 1.73. The molecular weight excluding hydrogens is 342 g/mol. The summed E-state index contributed by atoms with van der Waals surface area (Å²) in [6, 6.07) is 12.5. The van der Waals surface area contributed by atoms with E-state index in [0.29, 0.717) is 23.7 Å². The van der Waals surface area contributed by atoms with Crippen molar-refractivity contribution in [3.8, 4) is 5.75 Å². The Morgan fingerprint density at radius 1 is 1.04 bits per heavy atom. The molecule has 0 bridgehead atoms. The van der Waals surface area contributed by atoms with Gasteiger partial charge in [-0.05, 0) is 36.2 Å². The fraction of sp³-hybridized carbons (Fsp3) is 0.333. The number of carbonyl (C=O) groups excluding carboxylic acids is 2. The molecule has 27 heavy (non-hydrogen) atoms. The van der Waals surface area contributed by atoms with Gasteiger partial charge >= 0.3 is 6.03 Å². The lowest BCUT2D eigenvalue weighted by Crippen LogP contribution is -2.38. The van der Waals surface area contributed by atoms with Crippen LogP contribution in [0.5, 0.6) is 5.75 Å². The average molecular weight is 367 g/mol. The predicted octanol–water partition coefficient (Wildman–Crippen LogP) is 4.27. The van der Waals surface area contributed by atoms with Crippen LogP contribution in [0.25, 0.3) is 0 Å². The number of hydrogen-bond acceptors (Lipinski definition) is 3. The van der Waals surface area contributed by atoms with Crippen molar-refractivity contribution in [3.05, 3.63) is 48.0 Å². The molecule has 0 radical (unpaired) electrons. The van der Waals surface area contributed by atoms with E-state index in [9.17, 15) is 9.59 Å². The van der Waals surface area contributed by atoms with Gasteiger partial charge in [0.25, 0.3) is 0 Å².